The Labute approximate surface area is 116 Å². The van der Waals surface area contributed by atoms with Gasteiger partial charge >= 0.3 is 5.97 Å². The molecule has 2 aromatic rings. The van der Waals surface area contributed by atoms with Crippen molar-refractivity contribution in [2.45, 2.75) is 13.0 Å². The van der Waals surface area contributed by atoms with Gasteiger partial charge in [-0.05, 0) is 43.3 Å². The number of benzene rings is 1. The molecule has 0 radical (unpaired) electrons. The van der Waals surface area contributed by atoms with Crippen molar-refractivity contribution < 1.29 is 13.9 Å². The monoisotopic (exact) mass is 279 g/mol. The quantitative estimate of drug-likeness (QED) is 0.863. The summed E-state index contributed by atoms with van der Waals surface area (Å²) in [6.45, 7) is 1.94. The van der Waals surface area contributed by atoms with E-state index in [4.69, 9.17) is 16.0 Å². The minimum atomic E-state index is -0.482. The van der Waals surface area contributed by atoms with Crippen LogP contribution >= 0.6 is 11.6 Å². The highest BCUT2D eigenvalue weighted by molar-refractivity contribution is 6.30. The molecule has 1 heterocycles. The lowest BCUT2D eigenvalue weighted by Gasteiger charge is -2.12. The smallest absolute Gasteiger partial charge is 0.373 e. The number of ether oxygens (including phenoxy) is 1. The Morgan fingerprint density at radius 1 is 1.26 bits per heavy atom. The highest BCUT2D eigenvalue weighted by Crippen LogP contribution is 2.22. The summed E-state index contributed by atoms with van der Waals surface area (Å²) in [6.07, 6.45) is 0. The van der Waals surface area contributed by atoms with Crippen LogP contribution in [0.1, 0.15) is 29.3 Å². The van der Waals surface area contributed by atoms with E-state index < -0.39 is 5.97 Å². The average Bonchev–Trinajstić information content (AvgIpc) is 2.90. The fourth-order valence-electron chi connectivity index (χ4n) is 1.66. The number of hydrogen-bond acceptors (Lipinski definition) is 4. The first-order valence-electron chi connectivity index (χ1n) is 5.80. The second-order valence-corrected chi connectivity index (χ2v) is 4.50. The van der Waals surface area contributed by atoms with Crippen LogP contribution in [0.4, 0.5) is 5.69 Å². The summed E-state index contributed by atoms with van der Waals surface area (Å²) in [6, 6.07) is 10.6. The lowest BCUT2D eigenvalue weighted by Crippen LogP contribution is -2.05. The third-order valence-electron chi connectivity index (χ3n) is 2.67. The molecule has 0 aliphatic heterocycles. The van der Waals surface area contributed by atoms with Crippen molar-refractivity contribution in [2.75, 3.05) is 12.4 Å². The largest absolute Gasteiger partial charge is 0.463 e. The maximum atomic E-state index is 11.3. The topological polar surface area (TPSA) is 51.5 Å². The van der Waals surface area contributed by atoms with Gasteiger partial charge in [0.05, 0.1) is 13.2 Å². The standard InChI is InChI=1S/C14H14ClNO3/c1-9(16-11-5-3-10(15)4-6-11)12-7-8-13(19-12)14(17)18-2/h3-9,16H,1-2H3. The molecule has 4 nitrogen and oxygen atoms in total. The van der Waals surface area contributed by atoms with Gasteiger partial charge in [0.1, 0.15) is 5.76 Å². The van der Waals surface area contributed by atoms with E-state index in [9.17, 15) is 4.79 Å². The first kappa shape index (κ1) is 13.5. The molecule has 1 aromatic heterocycles. The van der Waals surface area contributed by atoms with E-state index in [1.54, 1.807) is 24.3 Å². The number of carbonyl (C=O) groups is 1. The third-order valence-corrected chi connectivity index (χ3v) is 2.92. The van der Waals surface area contributed by atoms with Crippen LogP contribution in [0.3, 0.4) is 0 Å². The first-order chi connectivity index (χ1) is 9.10. The normalized spacial score (nSPS) is 11.9. The van der Waals surface area contributed by atoms with E-state index in [-0.39, 0.29) is 11.8 Å². The number of methoxy groups -OCH3 is 1. The highest BCUT2D eigenvalue weighted by atomic mass is 35.5. The number of rotatable bonds is 4. The molecule has 1 aromatic carbocycles. The molecule has 0 aliphatic rings. The molecule has 0 aliphatic carbocycles. The summed E-state index contributed by atoms with van der Waals surface area (Å²) in [5.74, 6) is 0.377. The van der Waals surface area contributed by atoms with Gasteiger partial charge in [0.15, 0.2) is 0 Å². The number of esters is 1. The van der Waals surface area contributed by atoms with Gasteiger partial charge in [-0.15, -0.1) is 0 Å². The molecule has 1 N–H and O–H groups in total. The summed E-state index contributed by atoms with van der Waals surface area (Å²) < 4.78 is 10.0. The Hall–Kier alpha value is -1.94. The van der Waals surface area contributed by atoms with Gasteiger partial charge in [-0.3, -0.25) is 0 Å². The van der Waals surface area contributed by atoms with Crippen LogP contribution in [0.5, 0.6) is 0 Å². The van der Waals surface area contributed by atoms with Gasteiger partial charge in [-0.2, -0.15) is 0 Å². The SMILES string of the molecule is COC(=O)c1ccc(C(C)Nc2ccc(Cl)cc2)o1. The molecule has 0 bridgehead atoms. The molecule has 0 amide bonds. The van der Waals surface area contributed by atoms with Crippen molar-refractivity contribution in [1.82, 2.24) is 0 Å². The molecule has 100 valence electrons. The van der Waals surface area contributed by atoms with Crippen LogP contribution in [0, 0.1) is 0 Å². The summed E-state index contributed by atoms with van der Waals surface area (Å²) in [5, 5.41) is 3.94. The Morgan fingerprint density at radius 3 is 2.58 bits per heavy atom. The minimum Gasteiger partial charge on any atom is -0.463 e. The Balaban J connectivity index is 2.07. The summed E-state index contributed by atoms with van der Waals surface area (Å²) in [7, 11) is 1.32. The van der Waals surface area contributed by atoms with Crippen LogP contribution < -0.4 is 5.32 Å². The predicted molar refractivity (Wildman–Crippen MR) is 73.5 cm³/mol. The molecule has 1 atom stereocenters. The van der Waals surface area contributed by atoms with Crippen molar-refractivity contribution in [2.24, 2.45) is 0 Å². The summed E-state index contributed by atoms with van der Waals surface area (Å²) >= 11 is 5.82. The Morgan fingerprint density at radius 2 is 1.95 bits per heavy atom. The van der Waals surface area contributed by atoms with E-state index in [0.717, 1.165) is 5.69 Å². The van der Waals surface area contributed by atoms with E-state index in [0.29, 0.717) is 10.8 Å². The second kappa shape index (κ2) is 5.80. The van der Waals surface area contributed by atoms with Crippen LogP contribution in [-0.2, 0) is 4.74 Å². The minimum absolute atomic E-state index is 0.0698. The molecule has 0 fully saturated rings. The van der Waals surface area contributed by atoms with Crippen molar-refractivity contribution >= 4 is 23.3 Å². The zero-order valence-corrected chi connectivity index (χ0v) is 11.4. The maximum absolute atomic E-state index is 11.3. The van der Waals surface area contributed by atoms with E-state index in [2.05, 4.69) is 10.1 Å². The number of hydrogen-bond donors (Lipinski definition) is 1. The number of anilines is 1. The maximum Gasteiger partial charge on any atom is 0.373 e. The third kappa shape index (κ3) is 3.29. The van der Waals surface area contributed by atoms with E-state index >= 15 is 0 Å². The number of carbonyl (C=O) groups excluding carboxylic acids is 1. The van der Waals surface area contributed by atoms with Gasteiger partial charge in [-0.1, -0.05) is 11.6 Å². The molecular weight excluding hydrogens is 266 g/mol. The molecule has 0 saturated carbocycles. The Bertz CT molecular complexity index is 562. The van der Waals surface area contributed by atoms with Gasteiger partial charge in [0, 0.05) is 10.7 Å². The predicted octanol–water partition coefficient (Wildman–Crippen LogP) is 3.89. The van der Waals surface area contributed by atoms with Crippen molar-refractivity contribution in [1.29, 1.82) is 0 Å². The van der Waals surface area contributed by atoms with Crippen molar-refractivity contribution in [3.63, 3.8) is 0 Å². The van der Waals surface area contributed by atoms with E-state index in [1.807, 2.05) is 19.1 Å². The number of furan rings is 1. The summed E-state index contributed by atoms with van der Waals surface area (Å²) in [5.41, 5.74) is 0.924. The molecule has 0 saturated heterocycles. The summed E-state index contributed by atoms with van der Waals surface area (Å²) in [4.78, 5) is 11.3. The van der Waals surface area contributed by atoms with Gasteiger partial charge in [0.2, 0.25) is 5.76 Å². The molecular formula is C14H14ClNO3. The van der Waals surface area contributed by atoms with Gasteiger partial charge < -0.3 is 14.5 Å². The highest BCUT2D eigenvalue weighted by Gasteiger charge is 2.15. The van der Waals surface area contributed by atoms with Crippen molar-refractivity contribution in [3.8, 4) is 0 Å². The van der Waals surface area contributed by atoms with Crippen LogP contribution in [0.25, 0.3) is 0 Å². The molecule has 1 unspecified atom stereocenters. The lowest BCUT2D eigenvalue weighted by atomic mass is 10.2. The van der Waals surface area contributed by atoms with Gasteiger partial charge in [0.25, 0.3) is 0 Å². The average molecular weight is 280 g/mol. The van der Waals surface area contributed by atoms with Crippen LogP contribution in [-0.4, -0.2) is 13.1 Å². The number of nitrogens with one attached hydrogen (secondary N) is 1. The molecule has 0 spiro atoms. The Kier molecular flexibility index (Phi) is 4.12. The first-order valence-corrected chi connectivity index (χ1v) is 6.18. The number of halogens is 1. The molecule has 19 heavy (non-hydrogen) atoms. The zero-order valence-electron chi connectivity index (χ0n) is 10.6. The lowest BCUT2D eigenvalue weighted by molar-refractivity contribution is 0.0562. The van der Waals surface area contributed by atoms with Crippen molar-refractivity contribution in [3.05, 3.63) is 52.9 Å². The van der Waals surface area contributed by atoms with Crippen LogP contribution in [0.15, 0.2) is 40.8 Å². The molecule has 5 heteroatoms. The molecule has 2 rings (SSSR count). The second-order valence-electron chi connectivity index (χ2n) is 4.07. The fourth-order valence-corrected chi connectivity index (χ4v) is 1.79. The zero-order chi connectivity index (χ0) is 13.8. The van der Waals surface area contributed by atoms with Gasteiger partial charge in [-0.25, -0.2) is 4.79 Å². The van der Waals surface area contributed by atoms with E-state index in [1.165, 1.54) is 7.11 Å². The van der Waals surface area contributed by atoms with Crippen LogP contribution in [0.2, 0.25) is 5.02 Å². The fraction of sp³-hybridized carbons (Fsp3) is 0.214.